The Morgan fingerprint density at radius 3 is 2.74 bits per heavy atom. The van der Waals surface area contributed by atoms with Gasteiger partial charge in [0.15, 0.2) is 0 Å². The van der Waals surface area contributed by atoms with Crippen LogP contribution in [0.5, 0.6) is 5.75 Å². The van der Waals surface area contributed by atoms with Crippen molar-refractivity contribution in [2.24, 2.45) is 11.8 Å². The standard InChI is InChI=1S/C18H23NO2S2/c1-3-15(22-2)10-4-6-12(7-5-10)21-18(20)19-14-9-11-8-13(14)17-16(11)23-17/h4-7,11,13-17H,3,8-9H2,1-2H3,(H,19,20). The molecule has 1 saturated heterocycles. The number of carbonyl (C=O) groups is 1. The fraction of sp³-hybridized carbons (Fsp3) is 0.611. The van der Waals surface area contributed by atoms with Crippen LogP contribution in [0.3, 0.4) is 0 Å². The highest BCUT2D eigenvalue weighted by atomic mass is 32.2. The van der Waals surface area contributed by atoms with E-state index < -0.39 is 0 Å². The van der Waals surface area contributed by atoms with Crippen LogP contribution in [0.4, 0.5) is 4.79 Å². The van der Waals surface area contributed by atoms with Gasteiger partial charge in [-0.25, -0.2) is 4.79 Å². The van der Waals surface area contributed by atoms with Crippen LogP contribution in [0.15, 0.2) is 24.3 Å². The second kappa shape index (κ2) is 6.25. The maximum atomic E-state index is 12.2. The van der Waals surface area contributed by atoms with Crippen LogP contribution in [0.25, 0.3) is 0 Å². The largest absolute Gasteiger partial charge is 0.412 e. The minimum atomic E-state index is -0.297. The lowest BCUT2D eigenvalue weighted by Crippen LogP contribution is -2.42. The number of rotatable bonds is 5. The number of ether oxygens (including phenoxy) is 1. The summed E-state index contributed by atoms with van der Waals surface area (Å²) in [6.07, 6.45) is 5.37. The zero-order valence-corrected chi connectivity index (χ0v) is 15.2. The van der Waals surface area contributed by atoms with Crippen molar-refractivity contribution in [3.05, 3.63) is 29.8 Å². The van der Waals surface area contributed by atoms with Gasteiger partial charge < -0.3 is 10.1 Å². The number of hydrogen-bond acceptors (Lipinski definition) is 4. The summed E-state index contributed by atoms with van der Waals surface area (Å²) in [5.41, 5.74) is 1.29. The van der Waals surface area contributed by atoms with Crippen molar-refractivity contribution >= 4 is 29.6 Å². The van der Waals surface area contributed by atoms with E-state index in [1.165, 1.54) is 12.0 Å². The summed E-state index contributed by atoms with van der Waals surface area (Å²) in [5, 5.41) is 5.33. The number of amides is 1. The first kappa shape index (κ1) is 15.7. The summed E-state index contributed by atoms with van der Waals surface area (Å²) in [4.78, 5) is 12.2. The smallest absolute Gasteiger partial charge is 0.410 e. The predicted octanol–water partition coefficient (Wildman–Crippen LogP) is 4.48. The Hall–Kier alpha value is -0.810. The quantitative estimate of drug-likeness (QED) is 0.795. The highest BCUT2D eigenvalue weighted by Gasteiger charge is 2.62. The number of benzene rings is 1. The summed E-state index contributed by atoms with van der Waals surface area (Å²) < 4.78 is 5.47. The molecule has 1 amide bonds. The Balaban J connectivity index is 1.32. The number of carbonyl (C=O) groups excluding carboxylic acids is 1. The van der Waals surface area contributed by atoms with Gasteiger partial charge in [-0.05, 0) is 55.1 Å². The molecule has 124 valence electrons. The molecule has 5 heteroatoms. The third kappa shape index (κ3) is 2.98. The van der Waals surface area contributed by atoms with E-state index in [0.717, 1.165) is 29.3 Å². The van der Waals surface area contributed by atoms with Crippen molar-refractivity contribution in [2.45, 2.75) is 48.0 Å². The van der Waals surface area contributed by atoms with Crippen molar-refractivity contribution in [2.75, 3.05) is 6.26 Å². The van der Waals surface area contributed by atoms with Gasteiger partial charge in [-0.1, -0.05) is 19.1 Å². The first-order valence-electron chi connectivity index (χ1n) is 8.46. The van der Waals surface area contributed by atoms with E-state index in [1.807, 2.05) is 23.9 Å². The van der Waals surface area contributed by atoms with E-state index in [9.17, 15) is 4.79 Å². The molecule has 1 aliphatic heterocycles. The van der Waals surface area contributed by atoms with Crippen molar-refractivity contribution in [3.63, 3.8) is 0 Å². The van der Waals surface area contributed by atoms with E-state index in [4.69, 9.17) is 4.74 Å². The van der Waals surface area contributed by atoms with Crippen LogP contribution < -0.4 is 10.1 Å². The number of nitrogens with one attached hydrogen (secondary N) is 1. The topological polar surface area (TPSA) is 38.3 Å². The molecule has 23 heavy (non-hydrogen) atoms. The molecule has 6 unspecified atom stereocenters. The minimum absolute atomic E-state index is 0.297. The van der Waals surface area contributed by atoms with Crippen molar-refractivity contribution in [1.29, 1.82) is 0 Å². The van der Waals surface area contributed by atoms with Gasteiger partial charge in [0.05, 0.1) is 0 Å². The Bertz CT molecular complexity index is 587. The molecule has 0 aromatic heterocycles. The van der Waals surface area contributed by atoms with E-state index in [2.05, 4.69) is 42.4 Å². The van der Waals surface area contributed by atoms with E-state index >= 15 is 0 Å². The van der Waals surface area contributed by atoms with Gasteiger partial charge in [0.25, 0.3) is 0 Å². The fourth-order valence-electron chi connectivity index (χ4n) is 4.35. The van der Waals surface area contributed by atoms with Gasteiger partial charge >= 0.3 is 6.09 Å². The lowest BCUT2D eigenvalue weighted by atomic mass is 9.96. The van der Waals surface area contributed by atoms with Crippen molar-refractivity contribution < 1.29 is 9.53 Å². The molecule has 2 aliphatic carbocycles. The molecule has 3 fully saturated rings. The highest BCUT2D eigenvalue weighted by Crippen LogP contribution is 2.65. The van der Waals surface area contributed by atoms with Crippen LogP contribution in [0.1, 0.15) is 37.0 Å². The molecule has 3 nitrogen and oxygen atoms in total. The fourth-order valence-corrected chi connectivity index (χ4v) is 6.75. The van der Waals surface area contributed by atoms with Crippen molar-refractivity contribution in [1.82, 2.24) is 5.32 Å². The zero-order chi connectivity index (χ0) is 16.0. The first-order chi connectivity index (χ1) is 11.2. The van der Waals surface area contributed by atoms with E-state index in [0.29, 0.717) is 23.0 Å². The third-order valence-electron chi connectivity index (χ3n) is 5.52. The molecule has 4 rings (SSSR count). The summed E-state index contributed by atoms with van der Waals surface area (Å²) in [7, 11) is 0. The monoisotopic (exact) mass is 349 g/mol. The van der Waals surface area contributed by atoms with E-state index in [-0.39, 0.29) is 6.09 Å². The average molecular weight is 350 g/mol. The van der Waals surface area contributed by atoms with Gasteiger partial charge in [-0.3, -0.25) is 0 Å². The van der Waals surface area contributed by atoms with Crippen LogP contribution in [0, 0.1) is 11.8 Å². The van der Waals surface area contributed by atoms with Gasteiger partial charge in [-0.2, -0.15) is 23.5 Å². The SMILES string of the molecule is CCC(SC)c1ccc(OC(=O)NC2CC3CC2C2SC32)cc1. The third-order valence-corrected chi connectivity index (χ3v) is 8.33. The van der Waals surface area contributed by atoms with Gasteiger partial charge in [0.2, 0.25) is 0 Å². The molecule has 2 saturated carbocycles. The second-order valence-electron chi connectivity index (χ2n) is 6.80. The Morgan fingerprint density at radius 1 is 1.35 bits per heavy atom. The molecule has 1 N–H and O–H groups in total. The number of thioether (sulfide) groups is 2. The molecule has 1 heterocycles. The van der Waals surface area contributed by atoms with E-state index in [1.54, 1.807) is 0 Å². The maximum absolute atomic E-state index is 12.2. The maximum Gasteiger partial charge on any atom is 0.412 e. The van der Waals surface area contributed by atoms with Gasteiger partial charge in [0.1, 0.15) is 5.75 Å². The molecule has 3 aliphatic rings. The summed E-state index contributed by atoms with van der Waals surface area (Å²) >= 11 is 3.96. The lowest BCUT2D eigenvalue weighted by Gasteiger charge is -2.21. The van der Waals surface area contributed by atoms with Crippen molar-refractivity contribution in [3.8, 4) is 5.75 Å². The molecule has 0 radical (unpaired) electrons. The summed E-state index contributed by atoms with van der Waals surface area (Å²) in [6.45, 7) is 2.19. The molecular formula is C18H23NO2S2. The molecular weight excluding hydrogens is 326 g/mol. The summed E-state index contributed by atoms with van der Waals surface area (Å²) in [6, 6.07) is 8.26. The molecule has 1 aromatic carbocycles. The molecule has 0 spiro atoms. The van der Waals surface area contributed by atoms with Crippen LogP contribution >= 0.6 is 23.5 Å². The normalized spacial score (nSPS) is 34.8. The van der Waals surface area contributed by atoms with Gasteiger partial charge in [0, 0.05) is 21.8 Å². The minimum Gasteiger partial charge on any atom is -0.410 e. The predicted molar refractivity (Wildman–Crippen MR) is 97.3 cm³/mol. The number of fused-ring (bicyclic) bond motifs is 5. The molecule has 6 atom stereocenters. The Morgan fingerprint density at radius 2 is 2.13 bits per heavy atom. The number of hydrogen-bond donors (Lipinski definition) is 1. The first-order valence-corrected chi connectivity index (χ1v) is 10.7. The highest BCUT2D eigenvalue weighted by molar-refractivity contribution is 8.07. The lowest BCUT2D eigenvalue weighted by molar-refractivity contribution is 0.191. The van der Waals surface area contributed by atoms with Crippen LogP contribution in [-0.2, 0) is 0 Å². The summed E-state index contributed by atoms with van der Waals surface area (Å²) in [5.74, 6) is 2.14. The zero-order valence-electron chi connectivity index (χ0n) is 13.5. The van der Waals surface area contributed by atoms with Crippen LogP contribution in [0.2, 0.25) is 0 Å². The molecule has 1 aromatic rings. The Kier molecular flexibility index (Phi) is 4.26. The Labute approximate surface area is 146 Å². The van der Waals surface area contributed by atoms with Crippen LogP contribution in [-0.4, -0.2) is 28.9 Å². The average Bonchev–Trinajstić information content (AvgIpc) is 3.17. The second-order valence-corrected chi connectivity index (χ2v) is 9.20. The van der Waals surface area contributed by atoms with Gasteiger partial charge in [-0.15, -0.1) is 0 Å². The molecule has 2 bridgehead atoms.